The Morgan fingerprint density at radius 1 is 1.47 bits per heavy atom. The Labute approximate surface area is 97.2 Å². The van der Waals surface area contributed by atoms with E-state index in [1.54, 1.807) is 10.7 Å². The quantitative estimate of drug-likeness (QED) is 0.755. The van der Waals surface area contributed by atoms with E-state index in [1.165, 1.54) is 6.33 Å². The summed E-state index contributed by atoms with van der Waals surface area (Å²) >= 11 is 0. The highest BCUT2D eigenvalue weighted by Crippen LogP contribution is 2.32. The molecule has 17 heavy (non-hydrogen) atoms. The van der Waals surface area contributed by atoms with Gasteiger partial charge in [-0.25, -0.2) is 14.5 Å². The predicted molar refractivity (Wildman–Crippen MR) is 59.1 cm³/mol. The Balaban J connectivity index is 1.99. The van der Waals surface area contributed by atoms with Crippen molar-refractivity contribution in [3.8, 4) is 0 Å². The van der Waals surface area contributed by atoms with Gasteiger partial charge in [0, 0.05) is 0 Å². The number of anilines is 1. The van der Waals surface area contributed by atoms with Crippen molar-refractivity contribution in [1.29, 1.82) is 0 Å². The lowest BCUT2D eigenvalue weighted by Crippen LogP contribution is -2.12. The molecule has 3 rings (SSSR count). The van der Waals surface area contributed by atoms with Gasteiger partial charge in [-0.05, 0) is 12.8 Å². The number of nitrogens with two attached hydrogens (primary N) is 1. The molecule has 0 bridgehead atoms. The Hall–Kier alpha value is -1.73. The highest BCUT2D eigenvalue weighted by Gasteiger charge is 2.28. The van der Waals surface area contributed by atoms with Crippen molar-refractivity contribution in [3.05, 3.63) is 18.2 Å². The first-order chi connectivity index (χ1) is 8.29. The fraction of sp³-hybridized carbons (Fsp3) is 0.500. The predicted octanol–water partition coefficient (Wildman–Crippen LogP) is -0.0811. The molecule has 1 fully saturated rings. The third-order valence-electron chi connectivity index (χ3n) is 3.00. The lowest BCUT2D eigenvalue weighted by Gasteiger charge is -2.10. The molecule has 0 saturated carbocycles. The minimum Gasteiger partial charge on any atom is -0.394 e. The van der Waals surface area contributed by atoms with Crippen LogP contribution in [0.2, 0.25) is 0 Å². The zero-order valence-corrected chi connectivity index (χ0v) is 9.15. The number of nitrogens with zero attached hydrogens (tertiary/aromatic N) is 4. The first-order valence-corrected chi connectivity index (χ1v) is 5.50. The standard InChI is InChI=1S/C10H13N5O2/c11-9-10-12-3-7(15(10)14-5-13-9)8-2-1-6(4-16)17-8/h3,5-6,8,16H,1-2,4H2,(H2,11,13,14)/t6-,8?/m0/s1. The SMILES string of the molecule is Nc1ncnn2c(C3CC[C@@H](CO)O3)cnc12. The summed E-state index contributed by atoms with van der Waals surface area (Å²) in [7, 11) is 0. The van der Waals surface area contributed by atoms with Crippen LogP contribution in [0.1, 0.15) is 24.6 Å². The maximum Gasteiger partial charge on any atom is 0.196 e. The zero-order chi connectivity index (χ0) is 11.8. The molecule has 0 aliphatic carbocycles. The smallest absolute Gasteiger partial charge is 0.196 e. The fourth-order valence-electron chi connectivity index (χ4n) is 2.13. The minimum absolute atomic E-state index is 0.0460. The summed E-state index contributed by atoms with van der Waals surface area (Å²) in [5.74, 6) is 0.350. The van der Waals surface area contributed by atoms with E-state index < -0.39 is 0 Å². The summed E-state index contributed by atoms with van der Waals surface area (Å²) in [6.45, 7) is 0.0460. The van der Waals surface area contributed by atoms with E-state index in [9.17, 15) is 0 Å². The summed E-state index contributed by atoms with van der Waals surface area (Å²) in [4.78, 5) is 8.07. The summed E-state index contributed by atoms with van der Waals surface area (Å²) in [5.41, 5.74) is 7.10. The monoisotopic (exact) mass is 235 g/mol. The van der Waals surface area contributed by atoms with Gasteiger partial charge in [-0.1, -0.05) is 0 Å². The molecule has 7 heteroatoms. The molecule has 90 valence electrons. The normalized spacial score (nSPS) is 24.5. The van der Waals surface area contributed by atoms with Crippen molar-refractivity contribution in [3.63, 3.8) is 0 Å². The van der Waals surface area contributed by atoms with Crippen LogP contribution in [-0.2, 0) is 4.74 Å². The molecule has 7 nitrogen and oxygen atoms in total. The van der Waals surface area contributed by atoms with E-state index in [0.717, 1.165) is 18.5 Å². The van der Waals surface area contributed by atoms with Crippen LogP contribution in [0.15, 0.2) is 12.5 Å². The van der Waals surface area contributed by atoms with Crippen LogP contribution in [0, 0.1) is 0 Å². The number of fused-ring (bicyclic) bond motifs is 1. The molecule has 1 unspecified atom stereocenters. The van der Waals surface area contributed by atoms with Crippen LogP contribution in [0.3, 0.4) is 0 Å². The van der Waals surface area contributed by atoms with E-state index in [4.69, 9.17) is 15.6 Å². The van der Waals surface area contributed by atoms with Crippen molar-refractivity contribution >= 4 is 11.5 Å². The van der Waals surface area contributed by atoms with Crippen molar-refractivity contribution in [2.24, 2.45) is 0 Å². The second-order valence-electron chi connectivity index (χ2n) is 4.07. The van der Waals surface area contributed by atoms with Crippen LogP contribution >= 0.6 is 0 Å². The highest BCUT2D eigenvalue weighted by atomic mass is 16.5. The molecule has 1 aliphatic rings. The lowest BCUT2D eigenvalue weighted by molar-refractivity contribution is 0.00851. The number of rotatable bonds is 2. The van der Waals surface area contributed by atoms with E-state index in [0.29, 0.717) is 11.5 Å². The van der Waals surface area contributed by atoms with Gasteiger partial charge in [0.1, 0.15) is 12.4 Å². The second-order valence-corrected chi connectivity index (χ2v) is 4.07. The number of ether oxygens (including phenoxy) is 1. The molecule has 2 atom stereocenters. The zero-order valence-electron chi connectivity index (χ0n) is 9.15. The van der Waals surface area contributed by atoms with Crippen molar-refractivity contribution in [2.45, 2.75) is 25.0 Å². The molecule has 0 aromatic carbocycles. The van der Waals surface area contributed by atoms with Crippen molar-refractivity contribution in [1.82, 2.24) is 19.6 Å². The third-order valence-corrected chi connectivity index (χ3v) is 3.00. The Morgan fingerprint density at radius 2 is 2.35 bits per heavy atom. The van der Waals surface area contributed by atoms with Gasteiger partial charge in [0.25, 0.3) is 0 Å². The highest BCUT2D eigenvalue weighted by molar-refractivity contribution is 5.58. The molecule has 0 radical (unpaired) electrons. The molecule has 1 saturated heterocycles. The van der Waals surface area contributed by atoms with E-state index in [-0.39, 0.29) is 18.8 Å². The van der Waals surface area contributed by atoms with Gasteiger partial charge in [-0.3, -0.25) is 0 Å². The molecule has 0 amide bonds. The van der Waals surface area contributed by atoms with Gasteiger partial charge in [-0.15, -0.1) is 0 Å². The maximum absolute atomic E-state index is 9.05. The van der Waals surface area contributed by atoms with Crippen LogP contribution in [-0.4, -0.2) is 37.4 Å². The maximum atomic E-state index is 9.05. The van der Waals surface area contributed by atoms with Gasteiger partial charge >= 0.3 is 0 Å². The fourth-order valence-corrected chi connectivity index (χ4v) is 2.13. The number of aliphatic hydroxyl groups is 1. The summed E-state index contributed by atoms with van der Waals surface area (Å²) in [6, 6.07) is 0. The van der Waals surface area contributed by atoms with Crippen LogP contribution in [0.5, 0.6) is 0 Å². The number of hydrogen-bond donors (Lipinski definition) is 2. The van der Waals surface area contributed by atoms with Gasteiger partial charge in [0.05, 0.1) is 24.6 Å². The molecule has 0 spiro atoms. The third kappa shape index (κ3) is 1.63. The Bertz CT molecular complexity index is 540. The number of imidazole rings is 1. The van der Waals surface area contributed by atoms with Crippen LogP contribution in [0.4, 0.5) is 5.82 Å². The van der Waals surface area contributed by atoms with Gasteiger partial charge in [0.15, 0.2) is 11.5 Å². The number of aromatic nitrogens is 4. The first kappa shape index (κ1) is 10.4. The molecular formula is C10H13N5O2. The number of aliphatic hydroxyl groups excluding tert-OH is 1. The van der Waals surface area contributed by atoms with E-state index in [1.807, 2.05) is 0 Å². The minimum atomic E-state index is -0.0928. The summed E-state index contributed by atoms with van der Waals surface area (Å²) in [6.07, 6.45) is 4.61. The van der Waals surface area contributed by atoms with Gasteiger partial charge in [-0.2, -0.15) is 5.10 Å². The molecule has 2 aromatic heterocycles. The first-order valence-electron chi connectivity index (χ1n) is 5.50. The number of hydrogen-bond acceptors (Lipinski definition) is 6. The lowest BCUT2D eigenvalue weighted by atomic mass is 10.1. The topological polar surface area (TPSA) is 98.6 Å². The van der Waals surface area contributed by atoms with Crippen LogP contribution < -0.4 is 5.73 Å². The Kier molecular flexibility index (Phi) is 2.41. The number of nitrogen functional groups attached to an aromatic ring is 1. The average molecular weight is 235 g/mol. The van der Waals surface area contributed by atoms with Crippen LogP contribution in [0.25, 0.3) is 5.65 Å². The molecule has 3 N–H and O–H groups in total. The van der Waals surface area contributed by atoms with E-state index in [2.05, 4.69) is 15.1 Å². The molecular weight excluding hydrogens is 222 g/mol. The molecule has 1 aliphatic heterocycles. The second kappa shape index (κ2) is 3.94. The Morgan fingerprint density at radius 3 is 3.12 bits per heavy atom. The van der Waals surface area contributed by atoms with Crippen molar-refractivity contribution in [2.75, 3.05) is 12.3 Å². The molecule has 3 heterocycles. The molecule has 2 aromatic rings. The summed E-state index contributed by atoms with van der Waals surface area (Å²) in [5, 5.41) is 13.2. The largest absolute Gasteiger partial charge is 0.394 e. The van der Waals surface area contributed by atoms with E-state index >= 15 is 0 Å². The average Bonchev–Trinajstić information content (AvgIpc) is 2.94. The van der Waals surface area contributed by atoms with Gasteiger partial charge < -0.3 is 15.6 Å². The summed E-state index contributed by atoms with van der Waals surface area (Å²) < 4.78 is 7.34. The van der Waals surface area contributed by atoms with Gasteiger partial charge in [0.2, 0.25) is 0 Å². The van der Waals surface area contributed by atoms with Crippen molar-refractivity contribution < 1.29 is 9.84 Å².